The Balaban J connectivity index is 1.88. The second-order valence-electron chi connectivity index (χ2n) is 7.37. The molecule has 134 valence electrons. The van der Waals surface area contributed by atoms with Crippen LogP contribution in [-0.4, -0.2) is 0 Å². The first-order chi connectivity index (χ1) is 13.9. The van der Waals surface area contributed by atoms with Gasteiger partial charge in [-0.05, 0) is 0 Å². The molecule has 0 aromatic heterocycles. The van der Waals surface area contributed by atoms with Crippen LogP contribution in [0.5, 0.6) is 0 Å². The van der Waals surface area contributed by atoms with E-state index in [1.165, 1.54) is 22.7 Å². The molecule has 1 unspecified atom stereocenters. The van der Waals surface area contributed by atoms with Crippen LogP contribution in [0.2, 0.25) is 0 Å². The molecule has 4 aromatic rings. The number of hydrogen-bond acceptors (Lipinski definition) is 0. The van der Waals surface area contributed by atoms with Crippen molar-refractivity contribution in [2.45, 2.75) is 4.22 Å². The Morgan fingerprint density at radius 2 is 0.893 bits per heavy atom. The molecule has 28 heavy (non-hydrogen) atoms. The van der Waals surface area contributed by atoms with Crippen molar-refractivity contribution in [3.05, 3.63) is 132 Å². The van der Waals surface area contributed by atoms with Crippen LogP contribution >= 0.6 is 0 Å². The van der Waals surface area contributed by atoms with Gasteiger partial charge in [0.05, 0.1) is 0 Å². The molecule has 0 spiro atoms. The summed E-state index contributed by atoms with van der Waals surface area (Å²) in [6.07, 6.45) is 4.80. The fraction of sp³-hybridized carbons (Fsp3) is 0.0370. The zero-order valence-electron chi connectivity index (χ0n) is 15.7. The predicted octanol–water partition coefficient (Wildman–Crippen LogP) is 4.88. The number of allylic oxidation sites excluding steroid dienone is 1. The van der Waals surface area contributed by atoms with Crippen molar-refractivity contribution in [3.63, 3.8) is 0 Å². The van der Waals surface area contributed by atoms with Crippen molar-refractivity contribution in [3.8, 4) is 0 Å². The van der Waals surface area contributed by atoms with Gasteiger partial charge in [0, 0.05) is 0 Å². The molecule has 5 rings (SSSR count). The predicted molar refractivity (Wildman–Crippen MR) is 116 cm³/mol. The van der Waals surface area contributed by atoms with E-state index in [-0.39, 0.29) is 0 Å². The summed E-state index contributed by atoms with van der Waals surface area (Å²) in [6, 6.07) is 42.6. The summed E-state index contributed by atoms with van der Waals surface area (Å²) in [4.78, 5) is 0. The van der Waals surface area contributed by atoms with E-state index in [4.69, 9.17) is 0 Å². The van der Waals surface area contributed by atoms with E-state index in [9.17, 15) is 0 Å². The van der Waals surface area contributed by atoms with E-state index >= 15 is 0 Å². The molecule has 1 aliphatic rings. The van der Waals surface area contributed by atoms with Crippen molar-refractivity contribution >= 4 is 17.7 Å². The van der Waals surface area contributed by atoms with Gasteiger partial charge in [-0.15, -0.1) is 0 Å². The molecule has 0 saturated heterocycles. The molecule has 0 radical (unpaired) electrons. The maximum absolute atomic E-state index is 3.04. The Morgan fingerprint density at radius 3 is 1.39 bits per heavy atom. The second kappa shape index (κ2) is 7.39. The van der Waals surface area contributed by atoms with Crippen molar-refractivity contribution in [2.75, 3.05) is 0 Å². The Bertz CT molecular complexity index is 1000. The average Bonchev–Trinajstić information content (AvgIpc) is 3.21. The van der Waals surface area contributed by atoms with Crippen molar-refractivity contribution in [1.29, 1.82) is 0 Å². The number of hydrogen-bond donors (Lipinski definition) is 0. The molecular weight excluding hydrogens is 372 g/mol. The third kappa shape index (κ3) is 2.73. The molecule has 0 nitrogen and oxygen atoms in total. The third-order valence-corrected chi connectivity index (χ3v) is 14.0. The molecule has 0 amide bonds. The van der Waals surface area contributed by atoms with Crippen LogP contribution in [0.25, 0.3) is 6.08 Å². The minimum absolute atomic E-state index is 0.420. The quantitative estimate of drug-likeness (QED) is 0.433. The molecule has 0 aliphatic heterocycles. The summed E-state index contributed by atoms with van der Waals surface area (Å²) in [5, 5.41) is 0. The Labute approximate surface area is 170 Å². The number of rotatable bonds is 4. The summed E-state index contributed by atoms with van der Waals surface area (Å²) in [5.41, 5.74) is 2.84. The molecular formula is C27H22Ti. The van der Waals surface area contributed by atoms with Crippen LogP contribution in [0.3, 0.4) is 0 Å². The summed E-state index contributed by atoms with van der Waals surface area (Å²) in [7, 11) is 0. The molecule has 1 aliphatic carbocycles. The van der Waals surface area contributed by atoms with Gasteiger partial charge in [-0.3, -0.25) is 0 Å². The molecule has 0 fully saturated rings. The first-order valence-corrected chi connectivity index (χ1v) is 13.1. The van der Waals surface area contributed by atoms with Gasteiger partial charge in [0.25, 0.3) is 0 Å². The molecule has 1 atom stereocenters. The molecule has 4 aromatic carbocycles. The second-order valence-corrected chi connectivity index (χ2v) is 13.6. The van der Waals surface area contributed by atoms with E-state index in [1.807, 2.05) is 0 Å². The fourth-order valence-electron chi connectivity index (χ4n) is 4.77. The molecule has 0 heterocycles. The first kappa shape index (κ1) is 17.4. The Kier molecular flexibility index (Phi) is 4.60. The molecule has 0 N–H and O–H groups in total. The van der Waals surface area contributed by atoms with Gasteiger partial charge in [0.2, 0.25) is 0 Å². The van der Waals surface area contributed by atoms with Crippen LogP contribution < -0.4 is 11.6 Å². The standard InChI is InChI=1S/C9H7.3C6H5.Ti/c1-2-5-9-7-3-6-8(9)4-1;3*1-2-4-6-5-3-1;/h1-7H;3*1-5H;. The van der Waals surface area contributed by atoms with Crippen LogP contribution in [-0.2, 0) is 16.6 Å². The van der Waals surface area contributed by atoms with E-state index in [0.29, 0.717) is 4.22 Å². The van der Waals surface area contributed by atoms with E-state index < -0.39 is 16.6 Å². The monoisotopic (exact) mass is 394 g/mol. The van der Waals surface area contributed by atoms with Gasteiger partial charge in [-0.25, -0.2) is 0 Å². The van der Waals surface area contributed by atoms with Gasteiger partial charge >= 0.3 is 171 Å². The van der Waals surface area contributed by atoms with Gasteiger partial charge in [-0.2, -0.15) is 0 Å². The average molecular weight is 394 g/mol. The zero-order chi connectivity index (χ0) is 18.8. The third-order valence-electron chi connectivity index (χ3n) is 5.95. The van der Waals surface area contributed by atoms with E-state index in [1.54, 1.807) is 0 Å². The molecule has 0 bridgehead atoms. The van der Waals surface area contributed by atoms with Crippen molar-refractivity contribution in [1.82, 2.24) is 0 Å². The molecule has 1 heteroatoms. The van der Waals surface area contributed by atoms with Crippen molar-refractivity contribution < 1.29 is 16.6 Å². The number of benzene rings is 4. The topological polar surface area (TPSA) is 0 Å². The Hall–Kier alpha value is -2.67. The van der Waals surface area contributed by atoms with E-state index in [0.717, 1.165) is 0 Å². The summed E-state index contributed by atoms with van der Waals surface area (Å²) in [6.45, 7) is 0. The van der Waals surface area contributed by atoms with Gasteiger partial charge in [0.1, 0.15) is 0 Å². The zero-order valence-corrected chi connectivity index (χ0v) is 17.3. The summed E-state index contributed by atoms with van der Waals surface area (Å²) in [5.74, 6) is 0. The van der Waals surface area contributed by atoms with Crippen LogP contribution in [0.4, 0.5) is 0 Å². The Morgan fingerprint density at radius 1 is 0.464 bits per heavy atom. The fourth-order valence-corrected chi connectivity index (χ4v) is 13.1. The van der Waals surface area contributed by atoms with Crippen LogP contribution in [0.15, 0.2) is 121 Å². The van der Waals surface area contributed by atoms with Gasteiger partial charge in [-0.1, -0.05) is 0 Å². The summed E-state index contributed by atoms with van der Waals surface area (Å²) < 4.78 is 4.94. The normalized spacial score (nSPS) is 15.4. The number of fused-ring (bicyclic) bond motifs is 1. The van der Waals surface area contributed by atoms with Crippen LogP contribution in [0, 0.1) is 0 Å². The summed E-state index contributed by atoms with van der Waals surface area (Å²) >= 11 is -3.04. The minimum atomic E-state index is -3.04. The van der Waals surface area contributed by atoms with E-state index in [2.05, 4.69) is 127 Å². The SMILES string of the molecule is C1=C[CH]([Ti]([c]2ccccc2)([c]2ccccc2)[c]2ccccc2)c2ccccc21. The maximum atomic E-state index is 2.47. The van der Waals surface area contributed by atoms with Gasteiger partial charge in [0.15, 0.2) is 0 Å². The van der Waals surface area contributed by atoms with Gasteiger partial charge < -0.3 is 0 Å². The first-order valence-electron chi connectivity index (χ1n) is 9.84. The van der Waals surface area contributed by atoms with Crippen molar-refractivity contribution in [2.24, 2.45) is 0 Å². The van der Waals surface area contributed by atoms with Crippen LogP contribution in [0.1, 0.15) is 15.3 Å². The molecule has 0 saturated carbocycles.